The van der Waals surface area contributed by atoms with Crippen molar-refractivity contribution in [2.75, 3.05) is 0 Å². The van der Waals surface area contributed by atoms with Gasteiger partial charge in [-0.05, 0) is 24.6 Å². The fraction of sp³-hybridized carbons (Fsp3) is 0.231. The van der Waals surface area contributed by atoms with E-state index in [-0.39, 0.29) is 18.2 Å². The lowest BCUT2D eigenvalue weighted by molar-refractivity contribution is 0.269. The second kappa shape index (κ2) is 4.98. The Hall–Kier alpha value is -2.19. The number of nitrogens with zero attached hydrogens (tertiary/aromatic N) is 3. The fourth-order valence-corrected chi connectivity index (χ4v) is 1.85. The number of rotatable bonds is 3. The van der Waals surface area contributed by atoms with Gasteiger partial charge >= 0.3 is 0 Å². The van der Waals surface area contributed by atoms with Gasteiger partial charge in [0, 0.05) is 0 Å². The van der Waals surface area contributed by atoms with Crippen LogP contribution < -0.4 is 0 Å². The van der Waals surface area contributed by atoms with Crippen molar-refractivity contribution in [3.8, 4) is 6.07 Å². The van der Waals surface area contributed by atoms with Crippen molar-refractivity contribution in [2.45, 2.75) is 19.6 Å². The van der Waals surface area contributed by atoms with E-state index >= 15 is 0 Å². The Bertz CT molecular complexity index is 601. The summed E-state index contributed by atoms with van der Waals surface area (Å²) in [6.45, 7) is 1.75. The van der Waals surface area contributed by atoms with Crippen molar-refractivity contribution < 1.29 is 9.50 Å². The third-order valence-corrected chi connectivity index (χ3v) is 2.92. The van der Waals surface area contributed by atoms with Crippen molar-refractivity contribution >= 4 is 0 Å². The maximum Gasteiger partial charge on any atom is 0.141 e. The van der Waals surface area contributed by atoms with E-state index in [2.05, 4.69) is 4.98 Å². The van der Waals surface area contributed by atoms with E-state index in [0.717, 1.165) is 5.56 Å². The van der Waals surface area contributed by atoms with Crippen molar-refractivity contribution in [1.29, 1.82) is 5.26 Å². The number of aliphatic hydroxyl groups excluding tert-OH is 1. The molecule has 0 amide bonds. The monoisotopic (exact) mass is 245 g/mol. The van der Waals surface area contributed by atoms with Crippen LogP contribution in [0.1, 0.15) is 29.8 Å². The quantitative estimate of drug-likeness (QED) is 0.899. The number of halogens is 1. The summed E-state index contributed by atoms with van der Waals surface area (Å²) in [6.07, 6.45) is 3.16. The maximum atomic E-state index is 13.5. The van der Waals surface area contributed by atoms with E-state index in [1.54, 1.807) is 29.2 Å². The summed E-state index contributed by atoms with van der Waals surface area (Å²) >= 11 is 0. The zero-order chi connectivity index (χ0) is 13.1. The molecule has 0 unspecified atom stereocenters. The van der Waals surface area contributed by atoms with E-state index < -0.39 is 5.82 Å². The second-order valence-corrected chi connectivity index (χ2v) is 3.98. The Kier molecular flexibility index (Phi) is 3.40. The van der Waals surface area contributed by atoms with Crippen LogP contribution in [-0.4, -0.2) is 14.7 Å². The molecule has 1 heterocycles. The molecule has 1 aromatic carbocycles. The van der Waals surface area contributed by atoms with Crippen LogP contribution in [0.2, 0.25) is 0 Å². The number of imidazole rings is 1. The van der Waals surface area contributed by atoms with Crippen LogP contribution in [0.3, 0.4) is 0 Å². The van der Waals surface area contributed by atoms with Crippen molar-refractivity contribution in [3.63, 3.8) is 0 Å². The first-order valence-electron chi connectivity index (χ1n) is 5.48. The average molecular weight is 245 g/mol. The molecule has 1 N–H and O–H groups in total. The molecule has 0 aliphatic carbocycles. The molecule has 0 fully saturated rings. The summed E-state index contributed by atoms with van der Waals surface area (Å²) in [6, 6.07) is 6.12. The lowest BCUT2D eigenvalue weighted by atomic mass is 10.1. The molecular formula is C13H12FN3O. The minimum Gasteiger partial charge on any atom is -0.390 e. The summed E-state index contributed by atoms with van der Waals surface area (Å²) in [5, 5.41) is 17.8. The standard InChI is InChI=1S/C13H12FN3O/c1-9(17-8-16-6-12(17)7-18)10-2-3-11(5-15)13(14)4-10/h2-4,6,8-9,18H,7H2,1H3/t9-/m0/s1. The molecule has 1 atom stereocenters. The summed E-state index contributed by atoms with van der Waals surface area (Å²) < 4.78 is 15.3. The van der Waals surface area contributed by atoms with Crippen LogP contribution in [0.25, 0.3) is 0 Å². The molecule has 0 bridgehead atoms. The SMILES string of the molecule is C[C@@H](c1ccc(C#N)c(F)c1)n1cncc1CO. The van der Waals surface area contributed by atoms with Crippen LogP contribution in [-0.2, 0) is 6.61 Å². The topological polar surface area (TPSA) is 61.8 Å². The van der Waals surface area contributed by atoms with Gasteiger partial charge in [0.25, 0.3) is 0 Å². The van der Waals surface area contributed by atoms with E-state index in [4.69, 9.17) is 10.4 Å². The first kappa shape index (κ1) is 12.3. The van der Waals surface area contributed by atoms with Gasteiger partial charge in [0.2, 0.25) is 0 Å². The van der Waals surface area contributed by atoms with Crippen LogP contribution >= 0.6 is 0 Å². The number of benzene rings is 1. The molecule has 0 aliphatic rings. The number of hydrogen-bond acceptors (Lipinski definition) is 3. The molecule has 0 saturated carbocycles. The lowest BCUT2D eigenvalue weighted by Crippen LogP contribution is -2.09. The van der Waals surface area contributed by atoms with E-state index in [1.807, 2.05) is 6.92 Å². The Morgan fingerprint density at radius 3 is 2.94 bits per heavy atom. The Balaban J connectivity index is 2.38. The largest absolute Gasteiger partial charge is 0.390 e. The molecule has 1 aromatic heterocycles. The van der Waals surface area contributed by atoms with Crippen molar-refractivity contribution in [2.24, 2.45) is 0 Å². The third kappa shape index (κ3) is 2.11. The molecule has 0 aliphatic heterocycles. The number of aromatic nitrogens is 2. The minimum absolute atomic E-state index is 0.0268. The Morgan fingerprint density at radius 2 is 2.33 bits per heavy atom. The van der Waals surface area contributed by atoms with Gasteiger partial charge in [-0.15, -0.1) is 0 Å². The predicted molar refractivity (Wildman–Crippen MR) is 63.1 cm³/mol. The molecule has 0 radical (unpaired) electrons. The van der Waals surface area contributed by atoms with Crippen LogP contribution in [0.15, 0.2) is 30.7 Å². The summed E-state index contributed by atoms with van der Waals surface area (Å²) in [5.41, 5.74) is 1.41. The highest BCUT2D eigenvalue weighted by Crippen LogP contribution is 2.21. The van der Waals surface area contributed by atoms with Crippen LogP contribution in [0, 0.1) is 17.1 Å². The van der Waals surface area contributed by atoms with E-state index in [0.29, 0.717) is 5.69 Å². The Morgan fingerprint density at radius 1 is 1.56 bits per heavy atom. The van der Waals surface area contributed by atoms with Gasteiger partial charge in [0.1, 0.15) is 11.9 Å². The highest BCUT2D eigenvalue weighted by atomic mass is 19.1. The summed E-state index contributed by atoms with van der Waals surface area (Å²) in [7, 11) is 0. The first-order valence-corrected chi connectivity index (χ1v) is 5.48. The lowest BCUT2D eigenvalue weighted by Gasteiger charge is -2.16. The fourth-order valence-electron chi connectivity index (χ4n) is 1.85. The van der Waals surface area contributed by atoms with Gasteiger partial charge in [-0.3, -0.25) is 0 Å². The molecule has 0 spiro atoms. The van der Waals surface area contributed by atoms with Gasteiger partial charge in [-0.1, -0.05) is 6.07 Å². The van der Waals surface area contributed by atoms with Crippen molar-refractivity contribution in [1.82, 2.24) is 9.55 Å². The van der Waals surface area contributed by atoms with Gasteiger partial charge < -0.3 is 9.67 Å². The number of aliphatic hydroxyl groups is 1. The minimum atomic E-state index is -0.535. The zero-order valence-corrected chi connectivity index (χ0v) is 9.84. The van der Waals surface area contributed by atoms with Gasteiger partial charge in [-0.2, -0.15) is 5.26 Å². The van der Waals surface area contributed by atoms with E-state index in [9.17, 15) is 4.39 Å². The highest BCUT2D eigenvalue weighted by molar-refractivity contribution is 5.34. The molecular weight excluding hydrogens is 233 g/mol. The third-order valence-electron chi connectivity index (χ3n) is 2.92. The predicted octanol–water partition coefficient (Wildman–Crippen LogP) is 2.00. The molecule has 2 aromatic rings. The van der Waals surface area contributed by atoms with Crippen molar-refractivity contribution in [3.05, 3.63) is 53.4 Å². The maximum absolute atomic E-state index is 13.5. The molecule has 5 heteroatoms. The second-order valence-electron chi connectivity index (χ2n) is 3.98. The Labute approximate surface area is 104 Å². The van der Waals surface area contributed by atoms with Crippen LogP contribution in [0.4, 0.5) is 4.39 Å². The van der Waals surface area contributed by atoms with Gasteiger partial charge in [0.15, 0.2) is 0 Å². The molecule has 4 nitrogen and oxygen atoms in total. The molecule has 92 valence electrons. The smallest absolute Gasteiger partial charge is 0.141 e. The molecule has 2 rings (SSSR count). The normalized spacial score (nSPS) is 12.1. The highest BCUT2D eigenvalue weighted by Gasteiger charge is 2.13. The van der Waals surface area contributed by atoms with Crippen LogP contribution in [0.5, 0.6) is 0 Å². The molecule has 0 saturated heterocycles. The zero-order valence-electron chi connectivity index (χ0n) is 9.84. The summed E-state index contributed by atoms with van der Waals surface area (Å²) in [5.74, 6) is -0.535. The van der Waals surface area contributed by atoms with Gasteiger partial charge in [-0.25, -0.2) is 9.37 Å². The van der Waals surface area contributed by atoms with E-state index in [1.165, 1.54) is 12.1 Å². The number of hydrogen-bond donors (Lipinski definition) is 1. The number of nitriles is 1. The summed E-state index contributed by atoms with van der Waals surface area (Å²) in [4.78, 5) is 3.95. The first-order chi connectivity index (χ1) is 8.67. The molecule has 18 heavy (non-hydrogen) atoms. The van der Waals surface area contributed by atoms with Gasteiger partial charge in [0.05, 0.1) is 36.4 Å². The average Bonchev–Trinajstić information content (AvgIpc) is 2.86.